The molecule has 0 unspecified atom stereocenters. The van der Waals surface area contributed by atoms with E-state index in [4.69, 9.17) is 9.52 Å². The molecule has 0 bridgehead atoms. The molecule has 6 heteroatoms. The van der Waals surface area contributed by atoms with Crippen molar-refractivity contribution in [2.45, 2.75) is 19.3 Å². The van der Waals surface area contributed by atoms with Gasteiger partial charge in [-0.3, -0.25) is 4.79 Å². The highest BCUT2D eigenvalue weighted by molar-refractivity contribution is 5.95. The predicted molar refractivity (Wildman–Crippen MR) is 77.4 cm³/mol. The van der Waals surface area contributed by atoms with Gasteiger partial charge in [0.2, 0.25) is 0 Å². The molecule has 0 fully saturated rings. The molecule has 0 aliphatic heterocycles. The van der Waals surface area contributed by atoms with Crippen LogP contribution < -0.4 is 5.32 Å². The van der Waals surface area contributed by atoms with E-state index in [1.807, 2.05) is 13.8 Å². The summed E-state index contributed by atoms with van der Waals surface area (Å²) in [6.45, 7) is 4.11. The van der Waals surface area contributed by atoms with E-state index in [1.54, 1.807) is 12.1 Å². The van der Waals surface area contributed by atoms with Crippen LogP contribution in [0, 0.1) is 5.82 Å². The van der Waals surface area contributed by atoms with Crippen LogP contribution in [0.25, 0.3) is 0 Å². The lowest BCUT2D eigenvalue weighted by Crippen LogP contribution is -2.36. The lowest BCUT2D eigenvalue weighted by atomic mass is 9.84. The number of hydrogen-bond donors (Lipinski definition) is 2. The second kappa shape index (κ2) is 6.01. The Morgan fingerprint density at radius 2 is 1.91 bits per heavy atom. The highest BCUT2D eigenvalue weighted by atomic mass is 19.1. The maximum Gasteiger partial charge on any atom is 0.338 e. The van der Waals surface area contributed by atoms with E-state index in [1.165, 1.54) is 18.2 Å². The number of halogens is 1. The number of hydrogen-bond acceptors (Lipinski definition) is 3. The molecule has 1 amide bonds. The Kier molecular flexibility index (Phi) is 4.30. The fourth-order valence-electron chi connectivity index (χ4n) is 1.96. The van der Waals surface area contributed by atoms with E-state index in [9.17, 15) is 14.0 Å². The highest BCUT2D eigenvalue weighted by Crippen LogP contribution is 2.22. The minimum Gasteiger partial charge on any atom is -0.478 e. The van der Waals surface area contributed by atoms with Gasteiger partial charge in [-0.1, -0.05) is 26.0 Å². The van der Waals surface area contributed by atoms with Gasteiger partial charge in [0.1, 0.15) is 12.1 Å². The van der Waals surface area contributed by atoms with Crippen molar-refractivity contribution in [1.29, 1.82) is 0 Å². The Labute approximate surface area is 126 Å². The quantitative estimate of drug-likeness (QED) is 0.890. The van der Waals surface area contributed by atoms with Crippen LogP contribution in [0.3, 0.4) is 0 Å². The number of aromatic carboxylic acids is 1. The third-order valence-electron chi connectivity index (χ3n) is 3.39. The third-order valence-corrected chi connectivity index (χ3v) is 3.39. The molecular weight excluding hydrogens is 289 g/mol. The van der Waals surface area contributed by atoms with Gasteiger partial charge < -0.3 is 14.8 Å². The van der Waals surface area contributed by atoms with Gasteiger partial charge in [0, 0.05) is 18.0 Å². The molecule has 1 aromatic carbocycles. The van der Waals surface area contributed by atoms with Crippen LogP contribution in [0.2, 0.25) is 0 Å². The summed E-state index contributed by atoms with van der Waals surface area (Å²) < 4.78 is 17.9. The normalized spacial score (nSPS) is 11.2. The number of rotatable bonds is 5. The van der Waals surface area contributed by atoms with Gasteiger partial charge in [-0.15, -0.1) is 0 Å². The Hall–Kier alpha value is -2.63. The molecule has 0 aliphatic rings. The summed E-state index contributed by atoms with van der Waals surface area (Å²) in [5, 5.41) is 11.5. The van der Waals surface area contributed by atoms with Gasteiger partial charge in [-0.2, -0.15) is 0 Å². The molecule has 1 heterocycles. The summed E-state index contributed by atoms with van der Waals surface area (Å²) in [5.41, 5.74) is 0.383. The molecule has 5 nitrogen and oxygen atoms in total. The first kappa shape index (κ1) is 15.8. The zero-order valence-corrected chi connectivity index (χ0v) is 12.2. The minimum absolute atomic E-state index is 0.0627. The maximum absolute atomic E-state index is 12.9. The van der Waals surface area contributed by atoms with E-state index in [2.05, 4.69) is 5.32 Å². The number of furan rings is 1. The van der Waals surface area contributed by atoms with Gasteiger partial charge in [0.25, 0.3) is 5.91 Å². The summed E-state index contributed by atoms with van der Waals surface area (Å²) in [5.74, 6) is -2.04. The summed E-state index contributed by atoms with van der Waals surface area (Å²) in [6, 6.07) is 7.23. The molecule has 2 aromatic rings. The van der Waals surface area contributed by atoms with Crippen LogP contribution in [0.1, 0.15) is 40.3 Å². The third kappa shape index (κ3) is 3.52. The van der Waals surface area contributed by atoms with Gasteiger partial charge in [-0.05, 0) is 17.7 Å². The molecule has 22 heavy (non-hydrogen) atoms. The largest absolute Gasteiger partial charge is 0.478 e. The molecule has 2 N–H and O–H groups in total. The standard InChI is InChI=1S/C16H16FNO4/c1-16(2,11-3-5-12(17)6-4-11)9-18-14(19)13-7-10(8-22-13)15(20)21/h3-8H,9H2,1-2H3,(H,18,19)(H,20,21). The van der Waals surface area contributed by atoms with E-state index < -0.39 is 17.3 Å². The van der Waals surface area contributed by atoms with Gasteiger partial charge in [0.15, 0.2) is 5.76 Å². The number of amides is 1. The first-order chi connectivity index (χ1) is 10.3. The fourth-order valence-corrected chi connectivity index (χ4v) is 1.96. The van der Waals surface area contributed by atoms with Crippen molar-refractivity contribution >= 4 is 11.9 Å². The number of carbonyl (C=O) groups excluding carboxylic acids is 1. The monoisotopic (exact) mass is 305 g/mol. The second-order valence-corrected chi connectivity index (χ2v) is 5.58. The van der Waals surface area contributed by atoms with Crippen LogP contribution in [0.5, 0.6) is 0 Å². The second-order valence-electron chi connectivity index (χ2n) is 5.58. The van der Waals surface area contributed by atoms with E-state index >= 15 is 0 Å². The number of carboxylic acids is 1. The zero-order chi connectivity index (χ0) is 16.3. The van der Waals surface area contributed by atoms with Gasteiger partial charge >= 0.3 is 5.97 Å². The zero-order valence-electron chi connectivity index (χ0n) is 12.2. The van der Waals surface area contributed by atoms with E-state index in [0.717, 1.165) is 11.8 Å². The van der Waals surface area contributed by atoms with Crippen LogP contribution in [-0.2, 0) is 5.41 Å². The topological polar surface area (TPSA) is 79.5 Å². The molecular formula is C16H16FNO4. The Balaban J connectivity index is 2.02. The van der Waals surface area contributed by atoms with Gasteiger partial charge in [0.05, 0.1) is 5.56 Å². The Bertz CT molecular complexity index is 688. The number of nitrogens with one attached hydrogen (secondary N) is 1. The SMILES string of the molecule is CC(C)(CNC(=O)c1cc(C(=O)O)co1)c1ccc(F)cc1. The highest BCUT2D eigenvalue weighted by Gasteiger charge is 2.23. The molecule has 0 aliphatic carbocycles. The summed E-state index contributed by atoms with van der Waals surface area (Å²) in [6.07, 6.45) is 1.02. The number of carboxylic acid groups (broad SMARTS) is 1. The van der Waals surface area contributed by atoms with Crippen LogP contribution >= 0.6 is 0 Å². The Morgan fingerprint density at radius 3 is 2.45 bits per heavy atom. The first-order valence-electron chi connectivity index (χ1n) is 6.66. The average molecular weight is 305 g/mol. The summed E-state index contributed by atoms with van der Waals surface area (Å²) in [7, 11) is 0. The van der Waals surface area contributed by atoms with Gasteiger partial charge in [-0.25, -0.2) is 9.18 Å². The molecule has 0 saturated carbocycles. The molecule has 2 rings (SSSR count). The maximum atomic E-state index is 12.9. The predicted octanol–water partition coefficient (Wildman–Crippen LogP) is 2.82. The van der Waals surface area contributed by atoms with Crippen molar-refractivity contribution in [3.63, 3.8) is 0 Å². The van der Waals surface area contributed by atoms with Crippen LogP contribution in [0.4, 0.5) is 4.39 Å². The van der Waals surface area contributed by atoms with Crippen molar-refractivity contribution in [2.75, 3.05) is 6.54 Å². The molecule has 1 aromatic heterocycles. The van der Waals surface area contributed by atoms with Crippen LogP contribution in [0.15, 0.2) is 41.0 Å². The first-order valence-corrected chi connectivity index (χ1v) is 6.66. The molecule has 116 valence electrons. The van der Waals surface area contributed by atoms with Crippen molar-refractivity contribution < 1.29 is 23.5 Å². The lowest BCUT2D eigenvalue weighted by Gasteiger charge is -2.25. The van der Waals surface area contributed by atoms with Crippen molar-refractivity contribution in [3.8, 4) is 0 Å². The minimum atomic E-state index is -1.16. The number of benzene rings is 1. The van der Waals surface area contributed by atoms with Crippen molar-refractivity contribution in [2.24, 2.45) is 0 Å². The Morgan fingerprint density at radius 1 is 1.27 bits per heavy atom. The van der Waals surface area contributed by atoms with Crippen molar-refractivity contribution in [1.82, 2.24) is 5.32 Å². The smallest absolute Gasteiger partial charge is 0.338 e. The lowest BCUT2D eigenvalue weighted by molar-refractivity contribution is 0.0696. The fraction of sp³-hybridized carbons (Fsp3) is 0.250. The summed E-state index contributed by atoms with van der Waals surface area (Å²) >= 11 is 0. The summed E-state index contributed by atoms with van der Waals surface area (Å²) in [4.78, 5) is 22.7. The molecule has 0 atom stereocenters. The van der Waals surface area contributed by atoms with Crippen LogP contribution in [-0.4, -0.2) is 23.5 Å². The van der Waals surface area contributed by atoms with Crippen molar-refractivity contribution in [3.05, 3.63) is 59.3 Å². The van der Waals surface area contributed by atoms with E-state index in [0.29, 0.717) is 6.54 Å². The molecule has 0 spiro atoms. The average Bonchev–Trinajstić information content (AvgIpc) is 2.95. The molecule has 0 radical (unpaired) electrons. The number of carbonyl (C=O) groups is 2. The molecule has 0 saturated heterocycles. The van der Waals surface area contributed by atoms with E-state index in [-0.39, 0.29) is 17.1 Å².